The summed E-state index contributed by atoms with van der Waals surface area (Å²) in [5, 5.41) is 10.7. The lowest BCUT2D eigenvalue weighted by atomic mass is 9.86. The van der Waals surface area contributed by atoms with Crippen molar-refractivity contribution in [3.63, 3.8) is 0 Å². The van der Waals surface area contributed by atoms with Gasteiger partial charge in [-0.25, -0.2) is 0 Å². The molecule has 0 aromatic heterocycles. The number of hydrogen-bond donors (Lipinski definition) is 1. The molecule has 0 radical (unpaired) electrons. The van der Waals surface area contributed by atoms with E-state index in [2.05, 4.69) is 18.2 Å². The number of aryl methyl sites for hydroxylation is 1. The van der Waals surface area contributed by atoms with E-state index in [1.807, 2.05) is 6.07 Å². The van der Waals surface area contributed by atoms with Gasteiger partial charge in [0.1, 0.15) is 0 Å². The van der Waals surface area contributed by atoms with Crippen molar-refractivity contribution in [3.8, 4) is 0 Å². The second kappa shape index (κ2) is 4.99. The zero-order valence-electron chi connectivity index (χ0n) is 12.2. The van der Waals surface area contributed by atoms with Crippen LogP contribution in [0.15, 0.2) is 35.4 Å². The maximum atomic E-state index is 12.8. The number of hydrogen-bond acceptors (Lipinski definition) is 2. The third-order valence-corrected chi connectivity index (χ3v) is 5.25. The minimum Gasteiger partial charge on any atom is -0.369 e. The first-order chi connectivity index (χ1) is 10.3. The molecule has 1 aliphatic heterocycles. The predicted octanol–water partition coefficient (Wildman–Crippen LogP) is 3.10. The van der Waals surface area contributed by atoms with Gasteiger partial charge in [-0.2, -0.15) is 0 Å². The SMILES string of the molecule is O=C1C2=C(CCCC2)[C@H](O)N1[C@@H]1CCCc2ccccc21. The minimum atomic E-state index is -0.691. The van der Waals surface area contributed by atoms with Crippen LogP contribution in [0, 0.1) is 0 Å². The normalized spacial score (nSPS) is 28.6. The van der Waals surface area contributed by atoms with Crippen molar-refractivity contribution in [1.82, 2.24) is 4.90 Å². The van der Waals surface area contributed by atoms with E-state index in [1.54, 1.807) is 4.90 Å². The van der Waals surface area contributed by atoms with Gasteiger partial charge in [-0.1, -0.05) is 24.3 Å². The fourth-order valence-electron chi connectivity index (χ4n) is 4.22. The molecule has 1 aromatic carbocycles. The Kier molecular flexibility index (Phi) is 3.11. The van der Waals surface area contributed by atoms with Crippen molar-refractivity contribution in [2.24, 2.45) is 0 Å². The summed E-state index contributed by atoms with van der Waals surface area (Å²) in [5.74, 6) is 0.0823. The van der Waals surface area contributed by atoms with E-state index in [0.29, 0.717) is 0 Å². The molecule has 0 saturated heterocycles. The van der Waals surface area contributed by atoms with Gasteiger partial charge in [-0.3, -0.25) is 4.79 Å². The number of aliphatic hydroxyl groups excluding tert-OH is 1. The monoisotopic (exact) mass is 283 g/mol. The van der Waals surface area contributed by atoms with E-state index >= 15 is 0 Å². The molecule has 1 heterocycles. The van der Waals surface area contributed by atoms with Crippen molar-refractivity contribution in [2.45, 2.75) is 57.2 Å². The first-order valence-corrected chi connectivity index (χ1v) is 8.08. The van der Waals surface area contributed by atoms with Crippen LogP contribution in [0.4, 0.5) is 0 Å². The fraction of sp³-hybridized carbons (Fsp3) is 0.500. The van der Waals surface area contributed by atoms with Crippen LogP contribution >= 0.6 is 0 Å². The van der Waals surface area contributed by atoms with Gasteiger partial charge in [0.25, 0.3) is 5.91 Å². The second-order valence-corrected chi connectivity index (χ2v) is 6.40. The van der Waals surface area contributed by atoms with Crippen LogP contribution in [0.2, 0.25) is 0 Å². The van der Waals surface area contributed by atoms with Crippen LogP contribution in [0.3, 0.4) is 0 Å². The zero-order chi connectivity index (χ0) is 14.4. The summed E-state index contributed by atoms with van der Waals surface area (Å²) in [6, 6.07) is 8.42. The average molecular weight is 283 g/mol. The van der Waals surface area contributed by atoms with Crippen molar-refractivity contribution in [2.75, 3.05) is 0 Å². The lowest BCUT2D eigenvalue weighted by Gasteiger charge is -2.36. The largest absolute Gasteiger partial charge is 0.369 e. The van der Waals surface area contributed by atoms with Gasteiger partial charge in [0.15, 0.2) is 6.23 Å². The lowest BCUT2D eigenvalue weighted by molar-refractivity contribution is -0.136. The number of amides is 1. The molecule has 110 valence electrons. The molecule has 3 nitrogen and oxygen atoms in total. The second-order valence-electron chi connectivity index (χ2n) is 6.40. The Labute approximate surface area is 125 Å². The molecule has 1 aromatic rings. The van der Waals surface area contributed by atoms with Gasteiger partial charge >= 0.3 is 0 Å². The van der Waals surface area contributed by atoms with Crippen LogP contribution in [-0.4, -0.2) is 22.1 Å². The molecule has 1 N–H and O–H groups in total. The van der Waals surface area contributed by atoms with Crippen LogP contribution in [0.1, 0.15) is 55.7 Å². The number of carbonyl (C=O) groups excluding carboxylic acids is 1. The Hall–Kier alpha value is -1.61. The molecule has 2 aliphatic carbocycles. The van der Waals surface area contributed by atoms with E-state index in [-0.39, 0.29) is 11.9 Å². The van der Waals surface area contributed by atoms with Crippen LogP contribution in [0.5, 0.6) is 0 Å². The van der Waals surface area contributed by atoms with Gasteiger partial charge in [0.05, 0.1) is 6.04 Å². The fourth-order valence-corrected chi connectivity index (χ4v) is 4.22. The standard InChI is InChI=1S/C18H21NO2/c20-17-14-9-3-4-10-15(14)18(21)19(17)16-11-5-7-12-6-1-2-8-13(12)16/h1-2,6,8,16-17,20H,3-5,7,9-11H2/t16-,17+/m1/s1. The topological polar surface area (TPSA) is 40.5 Å². The summed E-state index contributed by atoms with van der Waals surface area (Å²) in [7, 11) is 0. The van der Waals surface area contributed by atoms with Crippen molar-refractivity contribution < 1.29 is 9.90 Å². The van der Waals surface area contributed by atoms with Gasteiger partial charge < -0.3 is 10.0 Å². The summed E-state index contributed by atoms with van der Waals surface area (Å²) in [4.78, 5) is 14.5. The molecular formula is C18H21NO2. The van der Waals surface area contributed by atoms with E-state index < -0.39 is 6.23 Å². The Bertz CT molecular complexity index is 619. The van der Waals surface area contributed by atoms with Crippen LogP contribution in [0.25, 0.3) is 0 Å². The third-order valence-electron chi connectivity index (χ3n) is 5.25. The first kappa shape index (κ1) is 13.1. The van der Waals surface area contributed by atoms with Gasteiger partial charge in [0.2, 0.25) is 0 Å². The Morgan fingerprint density at radius 2 is 1.86 bits per heavy atom. The molecule has 2 atom stereocenters. The quantitative estimate of drug-likeness (QED) is 0.860. The van der Waals surface area contributed by atoms with Gasteiger partial charge in [-0.05, 0) is 61.6 Å². The summed E-state index contributed by atoms with van der Waals surface area (Å²) >= 11 is 0. The van der Waals surface area contributed by atoms with Crippen molar-refractivity contribution in [1.29, 1.82) is 0 Å². The maximum Gasteiger partial charge on any atom is 0.252 e. The van der Waals surface area contributed by atoms with Crippen molar-refractivity contribution >= 4 is 5.91 Å². The van der Waals surface area contributed by atoms with Crippen molar-refractivity contribution in [3.05, 3.63) is 46.5 Å². The number of rotatable bonds is 1. The van der Waals surface area contributed by atoms with E-state index in [1.165, 1.54) is 11.1 Å². The smallest absolute Gasteiger partial charge is 0.252 e. The Morgan fingerprint density at radius 3 is 2.71 bits per heavy atom. The summed E-state index contributed by atoms with van der Waals surface area (Å²) < 4.78 is 0. The number of nitrogens with zero attached hydrogens (tertiary/aromatic N) is 1. The molecule has 1 amide bonds. The summed E-state index contributed by atoms with van der Waals surface area (Å²) in [6.07, 6.45) is 6.33. The molecular weight excluding hydrogens is 262 g/mol. The average Bonchev–Trinajstić information content (AvgIpc) is 2.79. The Balaban J connectivity index is 1.71. The molecule has 3 aliphatic rings. The molecule has 0 unspecified atom stereocenters. The highest BCUT2D eigenvalue weighted by atomic mass is 16.3. The number of carbonyl (C=O) groups is 1. The maximum absolute atomic E-state index is 12.8. The van der Waals surface area contributed by atoms with Gasteiger partial charge in [-0.15, -0.1) is 0 Å². The molecule has 0 fully saturated rings. The molecule has 3 heteroatoms. The zero-order valence-corrected chi connectivity index (χ0v) is 12.2. The van der Waals surface area contributed by atoms with Crippen LogP contribution in [-0.2, 0) is 11.2 Å². The summed E-state index contributed by atoms with van der Waals surface area (Å²) in [6.45, 7) is 0. The van der Waals surface area contributed by atoms with E-state index in [0.717, 1.165) is 56.1 Å². The number of benzene rings is 1. The first-order valence-electron chi connectivity index (χ1n) is 8.08. The molecule has 21 heavy (non-hydrogen) atoms. The number of aliphatic hydroxyl groups is 1. The summed E-state index contributed by atoms with van der Waals surface area (Å²) in [5.41, 5.74) is 4.46. The third kappa shape index (κ3) is 1.95. The number of fused-ring (bicyclic) bond motifs is 1. The molecule has 0 saturated carbocycles. The van der Waals surface area contributed by atoms with E-state index in [9.17, 15) is 9.90 Å². The molecule has 0 spiro atoms. The Morgan fingerprint density at radius 1 is 1.05 bits per heavy atom. The lowest BCUT2D eigenvalue weighted by Crippen LogP contribution is -2.40. The van der Waals surface area contributed by atoms with E-state index in [4.69, 9.17) is 0 Å². The van der Waals surface area contributed by atoms with Crippen LogP contribution < -0.4 is 0 Å². The minimum absolute atomic E-state index is 0.0445. The highest BCUT2D eigenvalue weighted by Crippen LogP contribution is 2.43. The highest BCUT2D eigenvalue weighted by molar-refractivity contribution is 5.98. The molecule has 0 bridgehead atoms. The predicted molar refractivity (Wildman–Crippen MR) is 80.5 cm³/mol. The van der Waals surface area contributed by atoms with Gasteiger partial charge in [0, 0.05) is 5.57 Å². The highest BCUT2D eigenvalue weighted by Gasteiger charge is 2.43. The molecule has 4 rings (SSSR count).